The van der Waals surface area contributed by atoms with Crippen LogP contribution in [0.1, 0.15) is 6.42 Å². The van der Waals surface area contributed by atoms with Crippen LogP contribution in [0.4, 0.5) is 0 Å². The normalized spacial score (nSPS) is 18.5. The molecule has 0 radical (unpaired) electrons. The van der Waals surface area contributed by atoms with Crippen molar-refractivity contribution in [1.82, 2.24) is 4.90 Å². The van der Waals surface area contributed by atoms with Crippen LogP contribution in [-0.2, 0) is 14.3 Å². The first-order chi connectivity index (χ1) is 9.49. The van der Waals surface area contributed by atoms with E-state index in [0.717, 1.165) is 6.54 Å². The van der Waals surface area contributed by atoms with Crippen molar-refractivity contribution in [1.29, 1.82) is 0 Å². The lowest BCUT2D eigenvalue weighted by molar-refractivity contribution is -0.421. The van der Waals surface area contributed by atoms with Crippen molar-refractivity contribution in [3.8, 4) is 0 Å². The maximum absolute atomic E-state index is 11.6. The number of esters is 1. The molecule has 0 bridgehead atoms. The van der Waals surface area contributed by atoms with Gasteiger partial charge in [0, 0.05) is 20.2 Å². The Labute approximate surface area is 118 Å². The molecule has 0 saturated carbocycles. The molecule has 0 fully saturated rings. The van der Waals surface area contributed by atoms with Crippen LogP contribution in [0.15, 0.2) is 23.4 Å². The number of likely N-dealkylation sites (N-methyl/N-ethyl adjacent to an activating group) is 1. The first kappa shape index (κ1) is 16.3. The van der Waals surface area contributed by atoms with E-state index >= 15 is 0 Å². The van der Waals surface area contributed by atoms with Crippen molar-refractivity contribution >= 4 is 5.97 Å². The maximum atomic E-state index is 11.6. The molecule has 0 aromatic carbocycles. The molecule has 1 atom stereocenters. The molecule has 1 rings (SSSR count). The van der Waals surface area contributed by atoms with E-state index in [1.54, 1.807) is 13.2 Å². The van der Waals surface area contributed by atoms with E-state index in [0.29, 0.717) is 19.6 Å². The Morgan fingerprint density at radius 2 is 2.25 bits per heavy atom. The van der Waals surface area contributed by atoms with Gasteiger partial charge in [-0.3, -0.25) is 10.1 Å². The first-order valence-electron chi connectivity index (χ1n) is 6.32. The summed E-state index contributed by atoms with van der Waals surface area (Å²) in [6.07, 6.45) is 3.66. The van der Waals surface area contributed by atoms with E-state index in [1.807, 2.05) is 7.05 Å². The van der Waals surface area contributed by atoms with Crippen LogP contribution >= 0.6 is 0 Å². The number of carbonyl (C=O) groups excluding carboxylic acids is 1. The zero-order chi connectivity index (χ0) is 15.1. The van der Waals surface area contributed by atoms with E-state index in [4.69, 9.17) is 4.74 Å². The molecule has 0 aromatic rings. The number of hydrogen-bond donors (Lipinski definition) is 0. The van der Waals surface area contributed by atoms with Gasteiger partial charge < -0.3 is 14.4 Å². The van der Waals surface area contributed by atoms with Crippen molar-refractivity contribution in [3.05, 3.63) is 33.5 Å². The number of nitrogens with zero attached hydrogens (tertiary/aromatic N) is 2. The number of nitro groups is 1. The van der Waals surface area contributed by atoms with Crippen LogP contribution in [0.3, 0.4) is 0 Å². The minimum Gasteiger partial charge on any atom is -0.465 e. The van der Waals surface area contributed by atoms with Crippen molar-refractivity contribution in [3.63, 3.8) is 0 Å². The molecule has 1 unspecified atom stereocenters. The third-order valence-corrected chi connectivity index (χ3v) is 3.12. The Morgan fingerprint density at radius 3 is 2.80 bits per heavy atom. The highest BCUT2D eigenvalue weighted by Crippen LogP contribution is 2.25. The Morgan fingerprint density at radius 1 is 1.55 bits per heavy atom. The number of methoxy groups -OCH3 is 2. The second-order valence-corrected chi connectivity index (χ2v) is 4.67. The predicted octanol–water partition coefficient (Wildman–Crippen LogP) is 0.845. The van der Waals surface area contributed by atoms with Gasteiger partial charge in [-0.15, -0.1) is 0 Å². The third-order valence-electron chi connectivity index (χ3n) is 3.12. The summed E-state index contributed by atoms with van der Waals surface area (Å²) in [7, 11) is 4.79. The number of ether oxygens (including phenoxy) is 2. The zero-order valence-corrected chi connectivity index (χ0v) is 12.0. The lowest BCUT2D eigenvalue weighted by Gasteiger charge is -2.23. The Bertz CT molecular complexity index is 430. The summed E-state index contributed by atoms with van der Waals surface area (Å²) in [4.78, 5) is 24.0. The molecule has 0 N–H and O–H groups in total. The summed E-state index contributed by atoms with van der Waals surface area (Å²) >= 11 is 0. The predicted molar refractivity (Wildman–Crippen MR) is 72.7 cm³/mol. The van der Waals surface area contributed by atoms with Crippen LogP contribution in [0.5, 0.6) is 0 Å². The summed E-state index contributed by atoms with van der Waals surface area (Å²) in [5.74, 6) is -0.619. The molecule has 0 saturated heterocycles. The largest absolute Gasteiger partial charge is 0.465 e. The van der Waals surface area contributed by atoms with Gasteiger partial charge in [-0.25, -0.2) is 4.79 Å². The highest BCUT2D eigenvalue weighted by Gasteiger charge is 2.30. The van der Waals surface area contributed by atoms with Crippen molar-refractivity contribution in [2.75, 3.05) is 41.0 Å². The standard InChI is InChI=1S/C13H20N2O5/c1-14(6-7-19-2)9-10-4-5-12(15(17)18)11(8-10)13(16)20-3/h5,8,10H,4,6-7,9H2,1-3H3. The number of carbonyl (C=O) groups is 1. The number of allylic oxidation sites excluding steroid dienone is 1. The Balaban J connectivity index is 2.76. The van der Waals surface area contributed by atoms with Crippen molar-refractivity contribution < 1.29 is 19.2 Å². The van der Waals surface area contributed by atoms with Gasteiger partial charge in [0.25, 0.3) is 5.70 Å². The quantitative estimate of drug-likeness (QED) is 0.391. The molecule has 0 heterocycles. The molecular weight excluding hydrogens is 264 g/mol. The molecule has 0 spiro atoms. The van der Waals surface area contributed by atoms with Gasteiger partial charge in [-0.2, -0.15) is 0 Å². The lowest BCUT2D eigenvalue weighted by Crippen LogP contribution is -2.30. The van der Waals surface area contributed by atoms with E-state index in [2.05, 4.69) is 9.64 Å². The zero-order valence-electron chi connectivity index (χ0n) is 12.0. The number of rotatable bonds is 7. The summed E-state index contributed by atoms with van der Waals surface area (Å²) in [5.41, 5.74) is -0.137. The van der Waals surface area contributed by atoms with E-state index in [-0.39, 0.29) is 17.2 Å². The van der Waals surface area contributed by atoms with E-state index < -0.39 is 10.9 Å². The fourth-order valence-corrected chi connectivity index (χ4v) is 2.08. The molecule has 0 aromatic heterocycles. The van der Waals surface area contributed by atoms with Crippen LogP contribution in [0, 0.1) is 16.0 Å². The molecule has 7 nitrogen and oxygen atoms in total. The molecule has 0 amide bonds. The maximum Gasteiger partial charge on any atom is 0.344 e. The molecule has 0 aliphatic heterocycles. The highest BCUT2D eigenvalue weighted by molar-refractivity contribution is 5.92. The van der Waals surface area contributed by atoms with Gasteiger partial charge in [-0.05, 0) is 25.5 Å². The SMILES string of the molecule is COCCN(C)CC1C=C(C(=O)OC)C([N+](=O)[O-])=CC1. The van der Waals surface area contributed by atoms with Gasteiger partial charge in [-0.1, -0.05) is 6.08 Å². The van der Waals surface area contributed by atoms with E-state index in [9.17, 15) is 14.9 Å². The fraction of sp³-hybridized carbons (Fsp3) is 0.615. The van der Waals surface area contributed by atoms with Gasteiger partial charge in [0.2, 0.25) is 0 Å². The second kappa shape index (κ2) is 7.76. The van der Waals surface area contributed by atoms with E-state index in [1.165, 1.54) is 13.2 Å². The first-order valence-corrected chi connectivity index (χ1v) is 6.32. The third kappa shape index (κ3) is 4.43. The smallest absolute Gasteiger partial charge is 0.344 e. The van der Waals surface area contributed by atoms with Crippen LogP contribution < -0.4 is 0 Å². The van der Waals surface area contributed by atoms with Gasteiger partial charge in [0.05, 0.1) is 18.6 Å². The Kier molecular flexibility index (Phi) is 6.33. The molecule has 20 heavy (non-hydrogen) atoms. The van der Waals surface area contributed by atoms with Crippen LogP contribution in [-0.4, -0.2) is 56.8 Å². The lowest BCUT2D eigenvalue weighted by atomic mass is 9.93. The van der Waals surface area contributed by atoms with Crippen molar-refractivity contribution in [2.24, 2.45) is 5.92 Å². The number of hydrogen-bond acceptors (Lipinski definition) is 6. The monoisotopic (exact) mass is 284 g/mol. The summed E-state index contributed by atoms with van der Waals surface area (Å²) < 4.78 is 9.60. The summed E-state index contributed by atoms with van der Waals surface area (Å²) in [6, 6.07) is 0. The highest BCUT2D eigenvalue weighted by atomic mass is 16.6. The summed E-state index contributed by atoms with van der Waals surface area (Å²) in [6.45, 7) is 2.08. The fourth-order valence-electron chi connectivity index (χ4n) is 2.08. The van der Waals surface area contributed by atoms with Gasteiger partial charge in [0.1, 0.15) is 5.57 Å². The topological polar surface area (TPSA) is 81.9 Å². The second-order valence-electron chi connectivity index (χ2n) is 4.67. The minimum absolute atomic E-state index is 0.0360. The minimum atomic E-state index is -0.669. The summed E-state index contributed by atoms with van der Waals surface area (Å²) in [5, 5.41) is 10.9. The molecule has 112 valence electrons. The average molecular weight is 284 g/mol. The van der Waals surface area contributed by atoms with Crippen LogP contribution in [0.2, 0.25) is 0 Å². The van der Waals surface area contributed by atoms with Crippen molar-refractivity contribution in [2.45, 2.75) is 6.42 Å². The van der Waals surface area contributed by atoms with Gasteiger partial charge >= 0.3 is 5.97 Å². The molecular formula is C13H20N2O5. The van der Waals surface area contributed by atoms with Crippen LogP contribution in [0.25, 0.3) is 0 Å². The average Bonchev–Trinajstić information content (AvgIpc) is 2.43. The Hall–Kier alpha value is -1.73. The van der Waals surface area contributed by atoms with Gasteiger partial charge in [0.15, 0.2) is 0 Å². The molecule has 7 heteroatoms. The molecule has 1 aliphatic rings. The molecule has 1 aliphatic carbocycles.